The summed E-state index contributed by atoms with van der Waals surface area (Å²) >= 11 is 0. The number of methoxy groups -OCH3 is 1. The molecule has 0 spiro atoms. The van der Waals surface area contributed by atoms with Gasteiger partial charge in [0.05, 0.1) is 30.0 Å². The summed E-state index contributed by atoms with van der Waals surface area (Å²) in [5.41, 5.74) is 3.30. The average molecular weight is 266 g/mol. The second-order valence-corrected chi connectivity index (χ2v) is 4.52. The third kappa shape index (κ3) is 2.16. The molecule has 3 rings (SSSR count). The van der Waals surface area contributed by atoms with Crippen LogP contribution in [0.3, 0.4) is 0 Å². The molecular weight excluding hydrogens is 252 g/mol. The molecule has 0 N–H and O–H groups in total. The predicted octanol–water partition coefficient (Wildman–Crippen LogP) is 2.87. The number of carbonyl (C=O) groups excluding carboxylic acids is 1. The molecule has 2 aromatic carbocycles. The zero-order valence-electron chi connectivity index (χ0n) is 11.1. The lowest BCUT2D eigenvalue weighted by atomic mass is 10.1. The molecule has 0 atom stereocenters. The third-order valence-electron chi connectivity index (χ3n) is 3.24. The molecule has 0 radical (unpaired) electrons. The zero-order chi connectivity index (χ0) is 13.9. The summed E-state index contributed by atoms with van der Waals surface area (Å²) < 4.78 is 6.81. The van der Waals surface area contributed by atoms with Crippen LogP contribution in [0.5, 0.6) is 0 Å². The summed E-state index contributed by atoms with van der Waals surface area (Å²) in [6.07, 6.45) is 1.75. The minimum atomic E-state index is -0.342. The molecule has 0 aliphatic carbocycles. The number of aromatic nitrogens is 2. The van der Waals surface area contributed by atoms with E-state index in [-0.39, 0.29) is 5.97 Å². The monoisotopic (exact) mass is 266 g/mol. The van der Waals surface area contributed by atoms with E-state index in [0.29, 0.717) is 12.1 Å². The molecule has 3 aromatic rings. The van der Waals surface area contributed by atoms with Crippen LogP contribution in [-0.2, 0) is 11.3 Å². The number of hydrogen-bond donors (Lipinski definition) is 0. The van der Waals surface area contributed by atoms with Gasteiger partial charge in [0.15, 0.2) is 0 Å². The van der Waals surface area contributed by atoms with Gasteiger partial charge in [0.1, 0.15) is 0 Å². The number of rotatable bonds is 3. The highest BCUT2D eigenvalue weighted by molar-refractivity contribution is 6.02. The maximum Gasteiger partial charge on any atom is 0.340 e. The Bertz CT molecular complexity index is 748. The molecule has 20 heavy (non-hydrogen) atoms. The van der Waals surface area contributed by atoms with E-state index in [1.807, 2.05) is 47.0 Å². The van der Waals surface area contributed by atoms with Crippen molar-refractivity contribution in [2.75, 3.05) is 7.11 Å². The van der Waals surface area contributed by atoms with Crippen molar-refractivity contribution in [2.45, 2.75) is 6.54 Å². The number of carbonyl (C=O) groups is 1. The van der Waals surface area contributed by atoms with Crippen LogP contribution in [0, 0.1) is 0 Å². The van der Waals surface area contributed by atoms with Crippen molar-refractivity contribution in [3.8, 4) is 0 Å². The molecular formula is C16H14N2O2. The van der Waals surface area contributed by atoms with Gasteiger partial charge in [0.2, 0.25) is 0 Å². The molecule has 0 saturated carbocycles. The quantitative estimate of drug-likeness (QED) is 0.685. The fourth-order valence-corrected chi connectivity index (χ4v) is 2.30. The molecule has 0 amide bonds. The Balaban J connectivity index is 2.10. The van der Waals surface area contributed by atoms with Crippen LogP contribution in [0.15, 0.2) is 54.9 Å². The van der Waals surface area contributed by atoms with E-state index in [1.165, 1.54) is 7.11 Å². The minimum Gasteiger partial charge on any atom is -0.465 e. The van der Waals surface area contributed by atoms with Crippen molar-refractivity contribution in [1.82, 2.24) is 9.55 Å². The van der Waals surface area contributed by atoms with Crippen LogP contribution in [0.1, 0.15) is 15.9 Å². The summed E-state index contributed by atoms with van der Waals surface area (Å²) in [6, 6.07) is 15.5. The lowest BCUT2D eigenvalue weighted by Gasteiger charge is -2.07. The number of esters is 1. The lowest BCUT2D eigenvalue weighted by Crippen LogP contribution is -2.06. The topological polar surface area (TPSA) is 44.1 Å². The van der Waals surface area contributed by atoms with Crippen molar-refractivity contribution in [2.24, 2.45) is 0 Å². The van der Waals surface area contributed by atoms with Crippen LogP contribution >= 0.6 is 0 Å². The van der Waals surface area contributed by atoms with Crippen molar-refractivity contribution < 1.29 is 9.53 Å². The number of para-hydroxylation sites is 1. The van der Waals surface area contributed by atoms with E-state index in [2.05, 4.69) is 4.98 Å². The Morgan fingerprint density at radius 3 is 2.70 bits per heavy atom. The van der Waals surface area contributed by atoms with E-state index in [9.17, 15) is 4.79 Å². The molecule has 1 heterocycles. The van der Waals surface area contributed by atoms with Crippen molar-refractivity contribution in [1.29, 1.82) is 0 Å². The highest BCUT2D eigenvalue weighted by atomic mass is 16.5. The van der Waals surface area contributed by atoms with Gasteiger partial charge >= 0.3 is 5.97 Å². The fraction of sp³-hybridized carbons (Fsp3) is 0.125. The number of benzene rings is 2. The van der Waals surface area contributed by atoms with Gasteiger partial charge in [-0.05, 0) is 17.7 Å². The van der Waals surface area contributed by atoms with Gasteiger partial charge < -0.3 is 9.30 Å². The number of hydrogen-bond acceptors (Lipinski definition) is 3. The standard InChI is InChI=1S/C16H14N2O2/c1-20-16(19)13-8-5-9-14-15(13)18(11-17-14)10-12-6-3-2-4-7-12/h2-9,11H,10H2,1H3. The second-order valence-electron chi connectivity index (χ2n) is 4.52. The molecule has 4 heteroatoms. The molecule has 4 nitrogen and oxygen atoms in total. The van der Waals surface area contributed by atoms with Crippen LogP contribution < -0.4 is 0 Å². The van der Waals surface area contributed by atoms with Crippen molar-refractivity contribution in [3.63, 3.8) is 0 Å². The number of imidazole rings is 1. The van der Waals surface area contributed by atoms with Gasteiger partial charge in [-0.25, -0.2) is 9.78 Å². The number of nitrogens with zero attached hydrogens (tertiary/aromatic N) is 2. The second kappa shape index (κ2) is 5.17. The zero-order valence-corrected chi connectivity index (χ0v) is 11.1. The Kier molecular flexibility index (Phi) is 3.21. The van der Waals surface area contributed by atoms with E-state index in [0.717, 1.165) is 16.6 Å². The fourth-order valence-electron chi connectivity index (χ4n) is 2.30. The van der Waals surface area contributed by atoms with E-state index >= 15 is 0 Å². The lowest BCUT2D eigenvalue weighted by molar-refractivity contribution is 0.0602. The Labute approximate surface area is 116 Å². The van der Waals surface area contributed by atoms with Gasteiger partial charge in [0, 0.05) is 6.54 Å². The van der Waals surface area contributed by atoms with Gasteiger partial charge in [-0.1, -0.05) is 36.4 Å². The summed E-state index contributed by atoms with van der Waals surface area (Å²) in [5.74, 6) is -0.342. The predicted molar refractivity (Wildman–Crippen MR) is 76.6 cm³/mol. The van der Waals surface area contributed by atoms with Crippen LogP contribution in [0.25, 0.3) is 11.0 Å². The SMILES string of the molecule is COC(=O)c1cccc2ncn(Cc3ccccc3)c12. The molecule has 0 unspecified atom stereocenters. The summed E-state index contributed by atoms with van der Waals surface area (Å²) in [4.78, 5) is 16.2. The first-order chi connectivity index (χ1) is 9.79. The number of ether oxygens (including phenoxy) is 1. The molecule has 0 bridgehead atoms. The smallest absolute Gasteiger partial charge is 0.340 e. The minimum absolute atomic E-state index is 0.342. The third-order valence-corrected chi connectivity index (χ3v) is 3.24. The summed E-state index contributed by atoms with van der Waals surface area (Å²) in [5, 5.41) is 0. The van der Waals surface area contributed by atoms with Crippen LogP contribution in [0.4, 0.5) is 0 Å². The Morgan fingerprint density at radius 2 is 1.95 bits per heavy atom. The maximum absolute atomic E-state index is 11.9. The van der Waals surface area contributed by atoms with E-state index in [1.54, 1.807) is 12.4 Å². The van der Waals surface area contributed by atoms with Gasteiger partial charge in [-0.15, -0.1) is 0 Å². The molecule has 0 aliphatic rings. The first-order valence-electron chi connectivity index (χ1n) is 6.35. The normalized spacial score (nSPS) is 10.7. The summed E-state index contributed by atoms with van der Waals surface area (Å²) in [7, 11) is 1.39. The molecule has 0 aliphatic heterocycles. The van der Waals surface area contributed by atoms with E-state index in [4.69, 9.17) is 4.74 Å². The number of fused-ring (bicyclic) bond motifs is 1. The van der Waals surface area contributed by atoms with Crippen LogP contribution in [0.2, 0.25) is 0 Å². The first-order valence-corrected chi connectivity index (χ1v) is 6.35. The average Bonchev–Trinajstić information content (AvgIpc) is 2.91. The summed E-state index contributed by atoms with van der Waals surface area (Å²) in [6.45, 7) is 0.672. The van der Waals surface area contributed by atoms with Crippen molar-refractivity contribution >= 4 is 17.0 Å². The highest BCUT2D eigenvalue weighted by Crippen LogP contribution is 2.20. The largest absolute Gasteiger partial charge is 0.465 e. The van der Waals surface area contributed by atoms with Gasteiger partial charge in [-0.2, -0.15) is 0 Å². The van der Waals surface area contributed by atoms with E-state index < -0.39 is 0 Å². The Morgan fingerprint density at radius 1 is 1.15 bits per heavy atom. The Hall–Kier alpha value is -2.62. The highest BCUT2D eigenvalue weighted by Gasteiger charge is 2.14. The van der Waals surface area contributed by atoms with Crippen LogP contribution in [-0.4, -0.2) is 22.6 Å². The van der Waals surface area contributed by atoms with Crippen molar-refractivity contribution in [3.05, 3.63) is 66.0 Å². The van der Waals surface area contributed by atoms with Gasteiger partial charge in [0.25, 0.3) is 0 Å². The first kappa shape index (κ1) is 12.4. The molecule has 0 fully saturated rings. The molecule has 0 saturated heterocycles. The molecule has 100 valence electrons. The van der Waals surface area contributed by atoms with Gasteiger partial charge in [-0.3, -0.25) is 0 Å². The molecule has 1 aromatic heterocycles. The maximum atomic E-state index is 11.9.